The summed E-state index contributed by atoms with van der Waals surface area (Å²) in [5.74, 6) is 2.06. The van der Waals surface area contributed by atoms with E-state index in [9.17, 15) is 4.79 Å². The van der Waals surface area contributed by atoms with E-state index in [-0.39, 0.29) is 6.04 Å². The van der Waals surface area contributed by atoms with Crippen LogP contribution < -0.4 is 5.32 Å². The molecule has 1 saturated heterocycles. The Hall–Kier alpha value is -3.72. The van der Waals surface area contributed by atoms with Crippen molar-refractivity contribution in [3.05, 3.63) is 53.9 Å². The molecule has 2 aliphatic rings. The molecule has 9 heteroatoms. The number of carbonyl (C=O) groups is 1. The molecule has 0 bridgehead atoms. The molecule has 186 valence electrons. The van der Waals surface area contributed by atoms with Gasteiger partial charge in [-0.05, 0) is 62.6 Å². The van der Waals surface area contributed by atoms with Crippen molar-refractivity contribution in [3.8, 4) is 11.3 Å². The number of aryl methyl sites for hydroxylation is 2. The number of nitrogens with one attached hydrogen (secondary N) is 2. The summed E-state index contributed by atoms with van der Waals surface area (Å²) in [5, 5.41) is 7.80. The predicted molar refractivity (Wildman–Crippen MR) is 140 cm³/mol. The number of hydrogen-bond acceptors (Lipinski definition) is 6. The first-order valence-electron chi connectivity index (χ1n) is 12.7. The fourth-order valence-electron chi connectivity index (χ4n) is 5.13. The van der Waals surface area contributed by atoms with E-state index >= 15 is 0 Å². The normalized spacial score (nSPS) is 17.5. The van der Waals surface area contributed by atoms with Gasteiger partial charge in [0.1, 0.15) is 5.82 Å². The minimum atomic E-state index is 0.243. The van der Waals surface area contributed by atoms with Crippen molar-refractivity contribution >= 4 is 28.7 Å². The van der Waals surface area contributed by atoms with Crippen molar-refractivity contribution in [1.29, 1.82) is 0 Å². The van der Waals surface area contributed by atoms with Crippen molar-refractivity contribution in [2.45, 2.75) is 32.7 Å². The van der Waals surface area contributed by atoms with Crippen LogP contribution in [0.4, 0.5) is 11.8 Å². The summed E-state index contributed by atoms with van der Waals surface area (Å²) in [6, 6.07) is 12.7. The quantitative estimate of drug-likeness (QED) is 0.429. The van der Waals surface area contributed by atoms with Crippen LogP contribution in [-0.2, 0) is 11.8 Å². The summed E-state index contributed by atoms with van der Waals surface area (Å²) in [6.45, 7) is 7.64. The van der Waals surface area contributed by atoms with E-state index in [0.29, 0.717) is 17.8 Å². The molecule has 6 rings (SSSR count). The number of anilines is 2. The minimum absolute atomic E-state index is 0.243. The van der Waals surface area contributed by atoms with Gasteiger partial charge in [0, 0.05) is 56.9 Å². The van der Waals surface area contributed by atoms with Gasteiger partial charge in [-0.2, -0.15) is 5.10 Å². The van der Waals surface area contributed by atoms with E-state index in [1.54, 1.807) is 0 Å². The van der Waals surface area contributed by atoms with Gasteiger partial charge in [0.05, 0.1) is 22.4 Å². The molecule has 1 aliphatic carbocycles. The number of aromatic amines is 1. The average molecular weight is 485 g/mol. The highest BCUT2D eigenvalue weighted by Crippen LogP contribution is 2.32. The van der Waals surface area contributed by atoms with Crippen LogP contribution in [0.2, 0.25) is 0 Å². The Kier molecular flexibility index (Phi) is 5.72. The number of carbonyl (C=O) groups excluding carboxylic acids is 1. The van der Waals surface area contributed by atoms with Gasteiger partial charge in [-0.1, -0.05) is 6.07 Å². The molecular weight excluding hydrogens is 452 g/mol. The van der Waals surface area contributed by atoms with Gasteiger partial charge >= 0.3 is 0 Å². The van der Waals surface area contributed by atoms with Crippen molar-refractivity contribution < 1.29 is 4.79 Å². The first-order valence-corrected chi connectivity index (χ1v) is 12.7. The fourth-order valence-corrected chi connectivity index (χ4v) is 5.13. The van der Waals surface area contributed by atoms with E-state index in [1.165, 1.54) is 5.56 Å². The molecule has 1 aromatic carbocycles. The number of imidazole rings is 1. The van der Waals surface area contributed by atoms with Gasteiger partial charge in [0.25, 0.3) is 0 Å². The minimum Gasteiger partial charge on any atom is -0.340 e. The largest absolute Gasteiger partial charge is 0.340 e. The lowest BCUT2D eigenvalue weighted by molar-refractivity contribution is -0.134. The highest BCUT2D eigenvalue weighted by molar-refractivity contribution is 5.83. The van der Waals surface area contributed by atoms with Gasteiger partial charge in [-0.15, -0.1) is 0 Å². The van der Waals surface area contributed by atoms with Crippen LogP contribution in [-0.4, -0.2) is 66.6 Å². The Morgan fingerprint density at radius 3 is 2.64 bits per heavy atom. The number of fused-ring (bicyclic) bond motifs is 1. The van der Waals surface area contributed by atoms with E-state index < -0.39 is 0 Å². The summed E-state index contributed by atoms with van der Waals surface area (Å²) in [5.41, 5.74) is 6.20. The Morgan fingerprint density at radius 2 is 1.92 bits per heavy atom. The van der Waals surface area contributed by atoms with Gasteiger partial charge in [-0.25, -0.2) is 9.97 Å². The van der Waals surface area contributed by atoms with Crippen LogP contribution in [0, 0.1) is 12.8 Å². The summed E-state index contributed by atoms with van der Waals surface area (Å²) >= 11 is 0. The number of nitrogens with zero attached hydrogens (tertiary/aromatic N) is 6. The van der Waals surface area contributed by atoms with Crippen LogP contribution in [0.1, 0.15) is 37.1 Å². The third-order valence-electron chi connectivity index (χ3n) is 7.39. The van der Waals surface area contributed by atoms with Crippen LogP contribution in [0.5, 0.6) is 0 Å². The zero-order chi connectivity index (χ0) is 24.8. The molecule has 1 saturated carbocycles. The van der Waals surface area contributed by atoms with Gasteiger partial charge in [0.15, 0.2) is 0 Å². The molecule has 9 nitrogen and oxygen atoms in total. The number of pyridine rings is 1. The number of amides is 1. The number of aromatic nitrogens is 5. The molecule has 1 unspecified atom stereocenters. The molecular formula is C27H32N8O. The maximum absolute atomic E-state index is 12.4. The molecule has 0 radical (unpaired) electrons. The highest BCUT2D eigenvalue weighted by Gasteiger charge is 2.35. The van der Waals surface area contributed by atoms with Crippen LogP contribution >= 0.6 is 0 Å². The van der Waals surface area contributed by atoms with Gasteiger partial charge < -0.3 is 15.2 Å². The zero-order valence-corrected chi connectivity index (χ0v) is 21.0. The molecule has 1 atom stereocenters. The van der Waals surface area contributed by atoms with Crippen molar-refractivity contribution in [3.63, 3.8) is 0 Å². The number of benzene rings is 1. The number of rotatable bonds is 6. The average Bonchev–Trinajstić information content (AvgIpc) is 3.57. The number of H-pyrrole nitrogens is 1. The maximum atomic E-state index is 12.4. The zero-order valence-electron chi connectivity index (χ0n) is 21.0. The van der Waals surface area contributed by atoms with Crippen LogP contribution in [0.25, 0.3) is 22.3 Å². The second kappa shape index (κ2) is 9.05. The summed E-state index contributed by atoms with van der Waals surface area (Å²) in [4.78, 5) is 29.5. The molecule has 2 N–H and O–H groups in total. The van der Waals surface area contributed by atoms with Gasteiger partial charge in [-0.3, -0.25) is 14.4 Å². The fraction of sp³-hybridized carbons (Fsp3) is 0.407. The topological polar surface area (TPSA) is 95.0 Å². The monoisotopic (exact) mass is 484 g/mol. The maximum Gasteiger partial charge on any atom is 0.225 e. The third kappa shape index (κ3) is 4.46. The molecule has 0 spiro atoms. The summed E-state index contributed by atoms with van der Waals surface area (Å²) < 4.78 is 1.90. The van der Waals surface area contributed by atoms with Crippen molar-refractivity contribution in [2.75, 3.05) is 31.5 Å². The van der Waals surface area contributed by atoms with E-state index in [4.69, 9.17) is 4.98 Å². The molecule has 1 aliphatic heterocycles. The SMILES string of the molecule is Cc1cc(-c2ccc3nc(Nc4cc(C(C)N5CCN(C(=O)C6CC6)CC5)ccn4)[nH]c3c2)n(C)n1. The van der Waals surface area contributed by atoms with Gasteiger partial charge in [0.2, 0.25) is 11.9 Å². The number of hydrogen-bond donors (Lipinski definition) is 2. The van der Waals surface area contributed by atoms with Crippen molar-refractivity contribution in [1.82, 2.24) is 34.5 Å². The molecule has 2 fully saturated rings. The van der Waals surface area contributed by atoms with E-state index in [1.807, 2.05) is 35.8 Å². The second-order valence-electron chi connectivity index (χ2n) is 10.0. The second-order valence-corrected chi connectivity index (χ2v) is 10.0. The summed E-state index contributed by atoms with van der Waals surface area (Å²) in [7, 11) is 1.96. The summed E-state index contributed by atoms with van der Waals surface area (Å²) in [6.07, 6.45) is 3.98. The van der Waals surface area contributed by atoms with E-state index in [2.05, 4.69) is 62.5 Å². The van der Waals surface area contributed by atoms with Crippen LogP contribution in [0.15, 0.2) is 42.6 Å². The van der Waals surface area contributed by atoms with Crippen molar-refractivity contribution in [2.24, 2.45) is 13.0 Å². The third-order valence-corrected chi connectivity index (χ3v) is 7.39. The molecule has 3 aromatic heterocycles. The standard InChI is InChI=1S/C27H32N8O/c1-17-14-24(33(3)32-17)21-6-7-22-23(15-21)30-27(29-22)31-25-16-20(8-9-28-25)18(2)34-10-12-35(13-11-34)26(36)19-4-5-19/h6-9,14-16,18-19H,4-5,10-13H2,1-3H3,(H2,28,29,30,31). The van der Waals surface area contributed by atoms with Crippen LogP contribution in [0.3, 0.4) is 0 Å². The van der Waals surface area contributed by atoms with E-state index in [0.717, 1.165) is 72.8 Å². The molecule has 4 aromatic rings. The lowest BCUT2D eigenvalue weighted by Crippen LogP contribution is -2.49. The molecule has 36 heavy (non-hydrogen) atoms. The predicted octanol–water partition coefficient (Wildman–Crippen LogP) is 4.03. The highest BCUT2D eigenvalue weighted by atomic mass is 16.2. The number of piperazine rings is 1. The smallest absolute Gasteiger partial charge is 0.225 e. The Bertz CT molecular complexity index is 1410. The molecule has 1 amide bonds. The lowest BCUT2D eigenvalue weighted by Gasteiger charge is -2.38. The Labute approximate surface area is 210 Å². The first-order chi connectivity index (χ1) is 17.4. The Balaban J connectivity index is 1.14. The molecule has 4 heterocycles. The lowest BCUT2D eigenvalue weighted by atomic mass is 10.1. The first kappa shape index (κ1) is 22.7. The Morgan fingerprint density at radius 1 is 1.11 bits per heavy atom.